The monoisotopic (exact) mass is 345 g/mol. The SMILES string of the molecule is CC(=O)c1c(-c2cccc(N(C)S)c2)sc2c1CC(C)(C)CC2. The van der Waals surface area contributed by atoms with Crippen LogP contribution in [0, 0.1) is 5.41 Å². The van der Waals surface area contributed by atoms with Gasteiger partial charge in [-0.3, -0.25) is 4.79 Å². The van der Waals surface area contributed by atoms with Crippen LogP contribution < -0.4 is 4.31 Å². The molecule has 0 bridgehead atoms. The van der Waals surface area contributed by atoms with E-state index in [1.54, 1.807) is 22.6 Å². The molecule has 0 saturated carbocycles. The van der Waals surface area contributed by atoms with Gasteiger partial charge in [-0.1, -0.05) is 38.8 Å². The van der Waals surface area contributed by atoms with E-state index < -0.39 is 0 Å². The first-order valence-electron chi connectivity index (χ1n) is 7.97. The third-order valence-corrected chi connectivity index (χ3v) is 6.18. The normalized spacial score (nSPS) is 16.0. The van der Waals surface area contributed by atoms with E-state index in [2.05, 4.69) is 38.8 Å². The number of rotatable bonds is 3. The number of hydrogen-bond donors (Lipinski definition) is 1. The number of thiol groups is 1. The van der Waals surface area contributed by atoms with E-state index in [0.29, 0.717) is 0 Å². The van der Waals surface area contributed by atoms with Crippen molar-refractivity contribution in [2.75, 3.05) is 11.4 Å². The fraction of sp³-hybridized carbons (Fsp3) is 0.421. The maximum absolute atomic E-state index is 12.4. The average Bonchev–Trinajstić information content (AvgIpc) is 2.84. The van der Waals surface area contributed by atoms with E-state index in [1.807, 2.05) is 19.2 Å². The molecular formula is C19H23NOS2. The second kappa shape index (κ2) is 5.99. The van der Waals surface area contributed by atoms with Crippen molar-refractivity contribution in [3.63, 3.8) is 0 Å². The van der Waals surface area contributed by atoms with Crippen molar-refractivity contribution in [3.05, 3.63) is 40.3 Å². The Labute approximate surface area is 148 Å². The Hall–Kier alpha value is -1.26. The van der Waals surface area contributed by atoms with Crippen molar-refractivity contribution in [1.29, 1.82) is 0 Å². The van der Waals surface area contributed by atoms with Crippen LogP contribution in [-0.4, -0.2) is 12.8 Å². The summed E-state index contributed by atoms with van der Waals surface area (Å²) in [6.45, 7) is 6.30. The molecule has 0 fully saturated rings. The number of fused-ring (bicyclic) bond motifs is 1. The zero-order valence-corrected chi connectivity index (χ0v) is 15.9. The lowest BCUT2D eigenvalue weighted by atomic mass is 9.75. The molecule has 0 radical (unpaired) electrons. The van der Waals surface area contributed by atoms with Crippen LogP contribution in [0.4, 0.5) is 5.69 Å². The third-order valence-electron chi connectivity index (χ3n) is 4.61. The van der Waals surface area contributed by atoms with Crippen LogP contribution in [0.25, 0.3) is 10.4 Å². The van der Waals surface area contributed by atoms with Crippen molar-refractivity contribution < 1.29 is 4.79 Å². The third kappa shape index (κ3) is 3.20. The molecule has 0 amide bonds. The van der Waals surface area contributed by atoms with Crippen molar-refractivity contribution in [2.45, 2.75) is 40.0 Å². The highest BCUT2D eigenvalue weighted by Crippen LogP contribution is 2.45. The van der Waals surface area contributed by atoms with E-state index in [-0.39, 0.29) is 11.2 Å². The predicted octanol–water partition coefficient (Wildman–Crippen LogP) is 5.41. The highest BCUT2D eigenvalue weighted by Gasteiger charge is 2.31. The van der Waals surface area contributed by atoms with E-state index in [0.717, 1.165) is 34.5 Å². The highest BCUT2D eigenvalue weighted by molar-refractivity contribution is 7.81. The smallest absolute Gasteiger partial charge is 0.161 e. The number of benzene rings is 1. The number of Topliss-reactive ketones (excluding diaryl/α,β-unsaturated/α-hetero) is 1. The Balaban J connectivity index is 2.16. The molecule has 3 rings (SSSR count). The van der Waals surface area contributed by atoms with Gasteiger partial charge in [0.2, 0.25) is 0 Å². The number of nitrogens with zero attached hydrogens (tertiary/aromatic N) is 1. The van der Waals surface area contributed by atoms with E-state index >= 15 is 0 Å². The molecular weight excluding hydrogens is 322 g/mol. The Morgan fingerprint density at radius 2 is 2.09 bits per heavy atom. The summed E-state index contributed by atoms with van der Waals surface area (Å²) >= 11 is 6.18. The van der Waals surface area contributed by atoms with Gasteiger partial charge in [0.25, 0.3) is 0 Å². The Kier molecular flexibility index (Phi) is 4.32. The number of hydrogen-bond acceptors (Lipinski definition) is 4. The molecule has 0 aliphatic heterocycles. The second-order valence-corrected chi connectivity index (χ2v) is 8.88. The predicted molar refractivity (Wildman–Crippen MR) is 103 cm³/mol. The van der Waals surface area contributed by atoms with Gasteiger partial charge in [-0.05, 0) is 54.9 Å². The molecule has 0 atom stereocenters. The first-order chi connectivity index (χ1) is 10.8. The van der Waals surface area contributed by atoms with Gasteiger partial charge in [0.05, 0.1) is 0 Å². The van der Waals surface area contributed by atoms with E-state index in [4.69, 9.17) is 0 Å². The summed E-state index contributed by atoms with van der Waals surface area (Å²) in [6.07, 6.45) is 3.27. The van der Waals surface area contributed by atoms with E-state index in [9.17, 15) is 4.79 Å². The molecule has 1 aliphatic carbocycles. The molecule has 1 heterocycles. The summed E-state index contributed by atoms with van der Waals surface area (Å²) in [7, 11) is 1.91. The van der Waals surface area contributed by atoms with Crippen LogP contribution in [0.1, 0.15) is 48.0 Å². The molecule has 0 N–H and O–H groups in total. The van der Waals surface area contributed by atoms with Gasteiger partial charge in [-0.25, -0.2) is 0 Å². The summed E-state index contributed by atoms with van der Waals surface area (Å²) in [4.78, 5) is 14.9. The van der Waals surface area contributed by atoms with Crippen molar-refractivity contribution >= 4 is 35.6 Å². The quantitative estimate of drug-likeness (QED) is 0.592. The summed E-state index contributed by atoms with van der Waals surface area (Å²) in [5.74, 6) is 0.180. The molecule has 0 saturated heterocycles. The Bertz CT molecular complexity index is 759. The standard InChI is InChI=1S/C19H23NOS2/c1-12(21)17-15-11-19(2,3)9-8-16(15)23-18(17)13-6-5-7-14(10-13)20(4)22/h5-7,10,22H,8-9,11H2,1-4H3. The molecule has 0 spiro atoms. The summed E-state index contributed by atoms with van der Waals surface area (Å²) in [5, 5.41) is 0. The zero-order valence-electron chi connectivity index (χ0n) is 14.1. The lowest BCUT2D eigenvalue weighted by molar-refractivity contribution is 0.101. The summed E-state index contributed by atoms with van der Waals surface area (Å²) in [5.41, 5.74) is 4.66. The minimum atomic E-state index is 0.180. The molecule has 23 heavy (non-hydrogen) atoms. The molecule has 1 aromatic carbocycles. The molecule has 2 nitrogen and oxygen atoms in total. The van der Waals surface area contributed by atoms with Gasteiger partial charge in [0.15, 0.2) is 5.78 Å². The van der Waals surface area contributed by atoms with Crippen molar-refractivity contribution in [2.24, 2.45) is 5.41 Å². The number of thiophene rings is 1. The fourth-order valence-electron chi connectivity index (χ4n) is 3.34. The van der Waals surface area contributed by atoms with Gasteiger partial charge >= 0.3 is 0 Å². The van der Waals surface area contributed by atoms with E-state index in [1.165, 1.54) is 16.9 Å². The highest BCUT2D eigenvalue weighted by atomic mass is 32.1. The first-order valence-corrected chi connectivity index (χ1v) is 9.19. The van der Waals surface area contributed by atoms with Gasteiger partial charge in [-0.15, -0.1) is 11.3 Å². The number of anilines is 1. The fourth-order valence-corrected chi connectivity index (χ4v) is 4.83. The van der Waals surface area contributed by atoms with Crippen LogP contribution in [0.15, 0.2) is 24.3 Å². The van der Waals surface area contributed by atoms with Crippen molar-refractivity contribution in [1.82, 2.24) is 0 Å². The van der Waals surface area contributed by atoms with Crippen molar-refractivity contribution in [3.8, 4) is 10.4 Å². The van der Waals surface area contributed by atoms with Gasteiger partial charge < -0.3 is 4.31 Å². The molecule has 122 valence electrons. The van der Waals surface area contributed by atoms with Gasteiger partial charge in [0.1, 0.15) is 0 Å². The molecule has 4 heteroatoms. The first kappa shape index (κ1) is 16.6. The number of carbonyl (C=O) groups is 1. The Morgan fingerprint density at radius 3 is 2.74 bits per heavy atom. The molecule has 2 aromatic rings. The molecule has 1 aliphatic rings. The van der Waals surface area contributed by atoms with Gasteiger partial charge in [0, 0.05) is 28.1 Å². The lowest BCUT2D eigenvalue weighted by Crippen LogP contribution is -2.22. The van der Waals surface area contributed by atoms with Crippen LogP contribution >= 0.6 is 24.2 Å². The van der Waals surface area contributed by atoms with Crippen LogP contribution in [0.5, 0.6) is 0 Å². The van der Waals surface area contributed by atoms with Crippen LogP contribution in [0.2, 0.25) is 0 Å². The topological polar surface area (TPSA) is 20.3 Å². The maximum Gasteiger partial charge on any atom is 0.161 e. The second-order valence-electron chi connectivity index (χ2n) is 7.18. The van der Waals surface area contributed by atoms with Gasteiger partial charge in [-0.2, -0.15) is 0 Å². The summed E-state index contributed by atoms with van der Waals surface area (Å²) in [6, 6.07) is 8.27. The lowest BCUT2D eigenvalue weighted by Gasteiger charge is -2.29. The maximum atomic E-state index is 12.4. The van der Waals surface area contributed by atoms with Crippen LogP contribution in [0.3, 0.4) is 0 Å². The Morgan fingerprint density at radius 1 is 1.35 bits per heavy atom. The molecule has 0 unspecified atom stereocenters. The molecule has 1 aromatic heterocycles. The largest absolute Gasteiger partial charge is 0.322 e. The summed E-state index contributed by atoms with van der Waals surface area (Å²) < 4.78 is 1.80. The number of ketones is 1. The minimum Gasteiger partial charge on any atom is -0.322 e. The minimum absolute atomic E-state index is 0.180. The number of aryl methyl sites for hydroxylation is 1. The van der Waals surface area contributed by atoms with Crippen LogP contribution in [-0.2, 0) is 12.8 Å². The number of carbonyl (C=O) groups excluding carboxylic acids is 1. The zero-order chi connectivity index (χ0) is 16.8. The average molecular weight is 346 g/mol.